The lowest BCUT2D eigenvalue weighted by molar-refractivity contribution is 0.262. The standard InChI is InChI=1S/C15H22F2N4O2S2/c1-19(2)6-5-18-15(24)20-7-9-21(10-8-20)25(22,23)14-11-12(16)3-4-13(14)17/h3-4,11H,5-10H2,1-2H3,(H,18,24). The molecule has 10 heteroatoms. The summed E-state index contributed by atoms with van der Waals surface area (Å²) in [6.45, 7) is 2.63. The van der Waals surface area contributed by atoms with Crippen molar-refractivity contribution >= 4 is 27.4 Å². The van der Waals surface area contributed by atoms with Crippen molar-refractivity contribution in [3.05, 3.63) is 29.8 Å². The number of hydrogen-bond donors (Lipinski definition) is 1. The Morgan fingerprint density at radius 1 is 1.24 bits per heavy atom. The number of piperazine rings is 1. The van der Waals surface area contributed by atoms with E-state index in [2.05, 4.69) is 5.32 Å². The molecule has 0 atom stereocenters. The van der Waals surface area contributed by atoms with Gasteiger partial charge in [0.1, 0.15) is 16.5 Å². The largest absolute Gasteiger partial charge is 0.361 e. The van der Waals surface area contributed by atoms with E-state index in [1.54, 1.807) is 0 Å². The SMILES string of the molecule is CN(C)CCNC(=S)N1CCN(S(=O)(=O)c2cc(F)ccc2F)CC1. The first kappa shape index (κ1) is 20.0. The minimum absolute atomic E-state index is 0.161. The van der Waals surface area contributed by atoms with Crippen LogP contribution >= 0.6 is 12.2 Å². The molecule has 25 heavy (non-hydrogen) atoms. The number of nitrogens with one attached hydrogen (secondary N) is 1. The smallest absolute Gasteiger partial charge is 0.246 e. The number of benzene rings is 1. The molecule has 0 saturated carbocycles. The van der Waals surface area contributed by atoms with Crippen LogP contribution in [0.3, 0.4) is 0 Å². The average molecular weight is 392 g/mol. The Hall–Kier alpha value is -1.36. The Bertz CT molecular complexity index is 720. The van der Waals surface area contributed by atoms with E-state index in [1.807, 2.05) is 23.9 Å². The maximum absolute atomic E-state index is 13.8. The topological polar surface area (TPSA) is 55.9 Å². The van der Waals surface area contributed by atoms with E-state index in [0.29, 0.717) is 30.8 Å². The minimum atomic E-state index is -4.07. The van der Waals surface area contributed by atoms with Gasteiger partial charge in [0.05, 0.1) is 0 Å². The minimum Gasteiger partial charge on any atom is -0.361 e. The highest BCUT2D eigenvalue weighted by atomic mass is 32.2. The maximum Gasteiger partial charge on any atom is 0.246 e. The molecular weight excluding hydrogens is 370 g/mol. The van der Waals surface area contributed by atoms with E-state index >= 15 is 0 Å². The predicted octanol–water partition coefficient (Wildman–Crippen LogP) is 0.707. The highest BCUT2D eigenvalue weighted by Gasteiger charge is 2.31. The fourth-order valence-electron chi connectivity index (χ4n) is 2.44. The summed E-state index contributed by atoms with van der Waals surface area (Å²) in [5.74, 6) is -1.74. The maximum atomic E-state index is 13.8. The van der Waals surface area contributed by atoms with E-state index in [-0.39, 0.29) is 13.1 Å². The van der Waals surface area contributed by atoms with E-state index in [9.17, 15) is 17.2 Å². The summed E-state index contributed by atoms with van der Waals surface area (Å²) in [7, 11) is -0.155. The zero-order valence-electron chi connectivity index (χ0n) is 14.2. The molecule has 2 rings (SSSR count). The normalized spacial score (nSPS) is 16.3. The fourth-order valence-corrected chi connectivity index (χ4v) is 4.23. The molecule has 0 aliphatic carbocycles. The predicted molar refractivity (Wildman–Crippen MR) is 95.8 cm³/mol. The first-order valence-corrected chi connectivity index (χ1v) is 9.69. The van der Waals surface area contributed by atoms with Crippen LogP contribution in [0.2, 0.25) is 0 Å². The molecule has 0 bridgehead atoms. The van der Waals surface area contributed by atoms with E-state index in [4.69, 9.17) is 12.2 Å². The second-order valence-corrected chi connectivity index (χ2v) is 8.29. The molecule has 1 aliphatic heterocycles. The van der Waals surface area contributed by atoms with Crippen LogP contribution < -0.4 is 5.32 Å². The van der Waals surface area contributed by atoms with Gasteiger partial charge in [0.25, 0.3) is 0 Å². The van der Waals surface area contributed by atoms with Gasteiger partial charge < -0.3 is 15.1 Å². The van der Waals surface area contributed by atoms with Crippen LogP contribution in [-0.2, 0) is 10.0 Å². The summed E-state index contributed by atoms with van der Waals surface area (Å²) in [5.41, 5.74) is 0. The van der Waals surface area contributed by atoms with Gasteiger partial charge in [-0.3, -0.25) is 0 Å². The Morgan fingerprint density at radius 3 is 2.48 bits per heavy atom. The molecule has 0 aromatic heterocycles. The van der Waals surface area contributed by atoms with Gasteiger partial charge in [-0.05, 0) is 44.5 Å². The molecule has 0 spiro atoms. The van der Waals surface area contributed by atoms with Crippen molar-refractivity contribution in [2.45, 2.75) is 4.90 Å². The molecule has 0 amide bonds. The molecule has 0 radical (unpaired) electrons. The quantitative estimate of drug-likeness (QED) is 0.745. The third-order valence-electron chi connectivity index (χ3n) is 3.87. The first-order chi connectivity index (χ1) is 11.7. The Kier molecular flexibility index (Phi) is 6.66. The number of thiocarbonyl (C=S) groups is 1. The van der Waals surface area contributed by atoms with Gasteiger partial charge in [-0.1, -0.05) is 0 Å². The Morgan fingerprint density at radius 2 is 1.88 bits per heavy atom. The third-order valence-corrected chi connectivity index (χ3v) is 6.19. The summed E-state index contributed by atoms with van der Waals surface area (Å²) in [4.78, 5) is 3.26. The molecule has 1 fully saturated rings. The summed E-state index contributed by atoms with van der Waals surface area (Å²) in [5, 5.41) is 3.69. The van der Waals surface area contributed by atoms with E-state index < -0.39 is 26.6 Å². The Labute approximate surface area is 152 Å². The lowest BCUT2D eigenvalue weighted by Gasteiger charge is -2.35. The van der Waals surface area contributed by atoms with Crippen molar-refractivity contribution in [1.82, 2.24) is 19.4 Å². The van der Waals surface area contributed by atoms with Gasteiger partial charge in [0.15, 0.2) is 5.11 Å². The van der Waals surface area contributed by atoms with E-state index in [1.165, 1.54) is 0 Å². The molecule has 1 aliphatic rings. The molecule has 6 nitrogen and oxygen atoms in total. The summed E-state index contributed by atoms with van der Waals surface area (Å²) >= 11 is 5.31. The van der Waals surface area contributed by atoms with Crippen LogP contribution in [-0.4, -0.2) is 81.0 Å². The van der Waals surface area contributed by atoms with Gasteiger partial charge in [0.2, 0.25) is 10.0 Å². The number of rotatable bonds is 5. The number of halogens is 2. The second kappa shape index (κ2) is 8.35. The summed E-state index contributed by atoms with van der Waals surface area (Å²) in [6, 6.07) is 2.43. The summed E-state index contributed by atoms with van der Waals surface area (Å²) < 4.78 is 53.3. The third kappa shape index (κ3) is 5.06. The average Bonchev–Trinajstić information content (AvgIpc) is 2.56. The number of nitrogens with zero attached hydrogens (tertiary/aromatic N) is 3. The van der Waals surface area contributed by atoms with Crippen molar-refractivity contribution in [3.63, 3.8) is 0 Å². The number of likely N-dealkylation sites (N-methyl/N-ethyl adjacent to an activating group) is 1. The molecule has 1 N–H and O–H groups in total. The van der Waals surface area contributed by atoms with Gasteiger partial charge in [-0.25, -0.2) is 17.2 Å². The molecule has 1 heterocycles. The van der Waals surface area contributed by atoms with Crippen molar-refractivity contribution in [2.75, 3.05) is 53.4 Å². The lowest BCUT2D eigenvalue weighted by Crippen LogP contribution is -2.53. The molecule has 1 saturated heterocycles. The van der Waals surface area contributed by atoms with Gasteiger partial charge in [-0.2, -0.15) is 4.31 Å². The van der Waals surface area contributed by atoms with E-state index in [0.717, 1.165) is 23.0 Å². The van der Waals surface area contributed by atoms with Crippen LogP contribution in [0.15, 0.2) is 23.1 Å². The number of sulfonamides is 1. The zero-order valence-corrected chi connectivity index (χ0v) is 15.8. The zero-order chi connectivity index (χ0) is 18.6. The highest BCUT2D eigenvalue weighted by molar-refractivity contribution is 7.89. The van der Waals surface area contributed by atoms with Crippen LogP contribution in [0.1, 0.15) is 0 Å². The highest BCUT2D eigenvalue weighted by Crippen LogP contribution is 2.21. The molecular formula is C15H22F2N4O2S2. The van der Waals surface area contributed by atoms with Crippen LogP contribution in [0.5, 0.6) is 0 Å². The van der Waals surface area contributed by atoms with Crippen molar-refractivity contribution in [3.8, 4) is 0 Å². The Balaban J connectivity index is 1.97. The van der Waals surface area contributed by atoms with Crippen LogP contribution in [0, 0.1) is 11.6 Å². The number of hydrogen-bond acceptors (Lipinski definition) is 4. The molecule has 1 aromatic rings. The molecule has 0 unspecified atom stereocenters. The fraction of sp³-hybridized carbons (Fsp3) is 0.533. The lowest BCUT2D eigenvalue weighted by atomic mass is 10.3. The van der Waals surface area contributed by atoms with Crippen molar-refractivity contribution < 1.29 is 17.2 Å². The monoisotopic (exact) mass is 392 g/mol. The van der Waals surface area contributed by atoms with Gasteiger partial charge >= 0.3 is 0 Å². The van der Waals surface area contributed by atoms with Gasteiger partial charge in [-0.15, -0.1) is 0 Å². The summed E-state index contributed by atoms with van der Waals surface area (Å²) in [6.07, 6.45) is 0. The molecule has 140 valence electrons. The van der Waals surface area contributed by atoms with Gasteiger partial charge in [0, 0.05) is 39.3 Å². The molecule has 1 aromatic carbocycles. The van der Waals surface area contributed by atoms with Crippen LogP contribution in [0.25, 0.3) is 0 Å². The van der Waals surface area contributed by atoms with Crippen LogP contribution in [0.4, 0.5) is 8.78 Å². The second-order valence-electron chi connectivity index (χ2n) is 6.00. The van der Waals surface area contributed by atoms with Crippen molar-refractivity contribution in [2.24, 2.45) is 0 Å². The van der Waals surface area contributed by atoms with Crippen molar-refractivity contribution in [1.29, 1.82) is 0 Å². The first-order valence-electron chi connectivity index (χ1n) is 7.84.